The number of nitrogen functional groups attached to an aromatic ring is 1. The summed E-state index contributed by atoms with van der Waals surface area (Å²) in [5, 5.41) is 0. The van der Waals surface area contributed by atoms with Gasteiger partial charge in [0.1, 0.15) is 0 Å². The van der Waals surface area contributed by atoms with Crippen LogP contribution in [0.1, 0.15) is 36.4 Å². The quantitative estimate of drug-likeness (QED) is 0.859. The molecule has 1 heterocycles. The molecule has 1 aromatic rings. The lowest BCUT2D eigenvalue weighted by molar-refractivity contribution is 0.149. The van der Waals surface area contributed by atoms with Gasteiger partial charge in [-0.2, -0.15) is 0 Å². The molecule has 0 spiro atoms. The van der Waals surface area contributed by atoms with Crippen LogP contribution in [0.3, 0.4) is 0 Å². The molecule has 0 amide bonds. The van der Waals surface area contributed by atoms with Crippen LogP contribution >= 0.6 is 0 Å². The minimum atomic E-state index is 0.602. The Bertz CT molecular complexity index is 463. The van der Waals surface area contributed by atoms with Gasteiger partial charge in [-0.15, -0.1) is 0 Å². The molecule has 2 aliphatic rings. The van der Waals surface area contributed by atoms with Gasteiger partial charge < -0.3 is 10.6 Å². The van der Waals surface area contributed by atoms with Crippen molar-refractivity contribution in [1.29, 1.82) is 0 Å². The van der Waals surface area contributed by atoms with Crippen LogP contribution in [0.2, 0.25) is 0 Å². The molecule has 1 unspecified atom stereocenters. The van der Waals surface area contributed by atoms with Crippen molar-refractivity contribution in [3.63, 3.8) is 0 Å². The van der Waals surface area contributed by atoms with Crippen molar-refractivity contribution < 1.29 is 0 Å². The van der Waals surface area contributed by atoms with Crippen molar-refractivity contribution in [1.82, 2.24) is 9.80 Å². The number of nitrogens with zero attached hydrogens (tertiary/aromatic N) is 2. The van der Waals surface area contributed by atoms with Gasteiger partial charge in [-0.1, -0.05) is 6.07 Å². The molecule has 1 aliphatic carbocycles. The predicted molar refractivity (Wildman–Crippen MR) is 84.8 cm³/mol. The van der Waals surface area contributed by atoms with Crippen molar-refractivity contribution in [3.8, 4) is 0 Å². The first-order valence-electron chi connectivity index (χ1n) is 7.90. The number of aryl methyl sites for hydroxylation is 1. The van der Waals surface area contributed by atoms with Gasteiger partial charge in [0.2, 0.25) is 0 Å². The number of fused-ring (bicyclic) bond motifs is 1. The Labute approximate surface area is 122 Å². The first kappa shape index (κ1) is 13.9. The molecule has 3 nitrogen and oxygen atoms in total. The second-order valence-corrected chi connectivity index (χ2v) is 6.70. The molecule has 1 fully saturated rings. The second-order valence-electron chi connectivity index (χ2n) is 6.70. The van der Waals surface area contributed by atoms with Gasteiger partial charge in [0.25, 0.3) is 0 Å². The monoisotopic (exact) mass is 273 g/mol. The van der Waals surface area contributed by atoms with Crippen LogP contribution in [-0.2, 0) is 6.42 Å². The van der Waals surface area contributed by atoms with Gasteiger partial charge >= 0.3 is 0 Å². The van der Waals surface area contributed by atoms with Crippen molar-refractivity contribution in [2.75, 3.05) is 39.5 Å². The third-order valence-electron chi connectivity index (χ3n) is 5.13. The lowest BCUT2D eigenvalue weighted by atomic mass is 9.95. The molecule has 1 aromatic carbocycles. The summed E-state index contributed by atoms with van der Waals surface area (Å²) in [5.74, 6) is 0.869. The number of nitrogens with two attached hydrogens (primary N) is 1. The Morgan fingerprint density at radius 3 is 2.75 bits per heavy atom. The second kappa shape index (κ2) is 5.74. The molecule has 1 atom stereocenters. The van der Waals surface area contributed by atoms with E-state index in [1.807, 2.05) is 0 Å². The maximum atomic E-state index is 5.90. The molecule has 0 aromatic heterocycles. The first-order chi connectivity index (χ1) is 9.63. The molecule has 20 heavy (non-hydrogen) atoms. The summed E-state index contributed by atoms with van der Waals surface area (Å²) in [6, 6.07) is 7.07. The Hall–Kier alpha value is -1.06. The maximum Gasteiger partial charge on any atom is 0.0351 e. The zero-order valence-corrected chi connectivity index (χ0v) is 12.8. The number of hydrogen-bond donors (Lipinski definition) is 1. The highest BCUT2D eigenvalue weighted by Gasteiger charge is 2.28. The maximum absolute atomic E-state index is 5.90. The third-order valence-corrected chi connectivity index (χ3v) is 5.13. The van der Waals surface area contributed by atoms with E-state index in [0.29, 0.717) is 6.04 Å². The fourth-order valence-electron chi connectivity index (χ4n) is 3.85. The Morgan fingerprint density at radius 1 is 1.25 bits per heavy atom. The van der Waals surface area contributed by atoms with Crippen LogP contribution in [0.4, 0.5) is 5.69 Å². The summed E-state index contributed by atoms with van der Waals surface area (Å²) < 4.78 is 0. The van der Waals surface area contributed by atoms with E-state index in [0.717, 1.165) is 11.6 Å². The van der Waals surface area contributed by atoms with E-state index in [1.165, 1.54) is 56.4 Å². The number of anilines is 1. The van der Waals surface area contributed by atoms with Crippen molar-refractivity contribution in [3.05, 3.63) is 29.3 Å². The van der Waals surface area contributed by atoms with E-state index in [1.54, 1.807) is 0 Å². The molecule has 3 heteroatoms. The first-order valence-corrected chi connectivity index (χ1v) is 7.90. The fraction of sp³-hybridized carbons (Fsp3) is 0.647. The molecular formula is C17H27N3. The molecule has 3 rings (SSSR count). The summed E-state index contributed by atoms with van der Waals surface area (Å²) in [6.45, 7) is 3.76. The average Bonchev–Trinajstić information content (AvgIpc) is 2.84. The lowest BCUT2D eigenvalue weighted by Crippen LogP contribution is -2.36. The Balaban J connectivity index is 1.63. The van der Waals surface area contributed by atoms with Gasteiger partial charge in [0.15, 0.2) is 0 Å². The molecule has 0 bridgehead atoms. The number of hydrogen-bond acceptors (Lipinski definition) is 3. The van der Waals surface area contributed by atoms with Crippen LogP contribution in [0.15, 0.2) is 18.2 Å². The summed E-state index contributed by atoms with van der Waals surface area (Å²) in [4.78, 5) is 5.03. The summed E-state index contributed by atoms with van der Waals surface area (Å²) in [7, 11) is 4.53. The van der Waals surface area contributed by atoms with Crippen molar-refractivity contribution in [2.24, 2.45) is 5.92 Å². The number of likely N-dealkylation sites (tertiary alicyclic amines) is 1. The van der Waals surface area contributed by atoms with Crippen molar-refractivity contribution >= 4 is 5.69 Å². The SMILES string of the molecule is CN1CCC(CN(C)C2CCc3cc(N)ccc32)CC1. The minimum absolute atomic E-state index is 0.602. The Morgan fingerprint density at radius 2 is 2.00 bits per heavy atom. The molecule has 110 valence electrons. The third kappa shape index (κ3) is 2.84. The van der Waals surface area contributed by atoms with Crippen molar-refractivity contribution in [2.45, 2.75) is 31.7 Å². The van der Waals surface area contributed by atoms with E-state index < -0.39 is 0 Å². The number of benzene rings is 1. The average molecular weight is 273 g/mol. The van der Waals surface area contributed by atoms with Crippen LogP contribution in [-0.4, -0.2) is 43.5 Å². The number of rotatable bonds is 3. The summed E-state index contributed by atoms with van der Waals surface area (Å²) in [5.41, 5.74) is 9.77. The molecule has 2 N–H and O–H groups in total. The van der Waals surface area contributed by atoms with Gasteiger partial charge in [-0.3, -0.25) is 4.90 Å². The largest absolute Gasteiger partial charge is 0.399 e. The van der Waals surface area contributed by atoms with Gasteiger partial charge in [-0.25, -0.2) is 0 Å². The van der Waals surface area contributed by atoms with E-state index in [9.17, 15) is 0 Å². The standard InChI is InChI=1S/C17H27N3/c1-19-9-7-13(8-10-19)12-20(2)17-6-3-14-11-15(18)4-5-16(14)17/h4-5,11,13,17H,3,6-10,12,18H2,1-2H3. The molecule has 1 aliphatic heterocycles. The molecule has 1 saturated heterocycles. The van der Waals surface area contributed by atoms with Crippen LogP contribution in [0.25, 0.3) is 0 Å². The molecular weight excluding hydrogens is 246 g/mol. The zero-order valence-electron chi connectivity index (χ0n) is 12.8. The highest BCUT2D eigenvalue weighted by molar-refractivity contribution is 5.47. The zero-order chi connectivity index (χ0) is 14.1. The van der Waals surface area contributed by atoms with Crippen LogP contribution in [0.5, 0.6) is 0 Å². The van der Waals surface area contributed by atoms with Gasteiger partial charge in [0, 0.05) is 18.3 Å². The lowest BCUT2D eigenvalue weighted by Gasteiger charge is -2.34. The van der Waals surface area contributed by atoms with E-state index in [4.69, 9.17) is 5.73 Å². The fourth-order valence-corrected chi connectivity index (χ4v) is 3.85. The normalized spacial score (nSPS) is 24.2. The predicted octanol–water partition coefficient (Wildman–Crippen LogP) is 2.53. The van der Waals surface area contributed by atoms with Gasteiger partial charge in [-0.05, 0) is 82.0 Å². The van der Waals surface area contributed by atoms with E-state index >= 15 is 0 Å². The van der Waals surface area contributed by atoms with Crippen LogP contribution < -0.4 is 5.73 Å². The highest BCUT2D eigenvalue weighted by Crippen LogP contribution is 2.36. The molecule has 0 saturated carbocycles. The van der Waals surface area contributed by atoms with E-state index in [2.05, 4.69) is 42.1 Å². The summed E-state index contributed by atoms with van der Waals surface area (Å²) >= 11 is 0. The van der Waals surface area contributed by atoms with Gasteiger partial charge in [0.05, 0.1) is 0 Å². The van der Waals surface area contributed by atoms with E-state index in [-0.39, 0.29) is 0 Å². The Kier molecular flexibility index (Phi) is 3.99. The summed E-state index contributed by atoms with van der Waals surface area (Å²) in [6.07, 6.45) is 5.13. The van der Waals surface area contributed by atoms with Crippen LogP contribution in [0, 0.1) is 5.92 Å². The minimum Gasteiger partial charge on any atom is -0.399 e. The highest BCUT2D eigenvalue weighted by atomic mass is 15.1. The molecule has 0 radical (unpaired) electrons. The topological polar surface area (TPSA) is 32.5 Å². The smallest absolute Gasteiger partial charge is 0.0351 e. The number of piperidine rings is 1.